The fraction of sp³-hybridized carbons (Fsp3) is 0.143. The molecule has 0 atom stereocenters. The van der Waals surface area contributed by atoms with Crippen LogP contribution in [0.25, 0.3) is 0 Å². The Bertz CT molecular complexity index is 878. The molecule has 0 aliphatic rings. The minimum absolute atomic E-state index is 0.144. The monoisotopic (exact) mass is 382 g/mol. The lowest BCUT2D eigenvalue weighted by Crippen LogP contribution is -2.11. The number of benzene rings is 2. The van der Waals surface area contributed by atoms with Gasteiger partial charge in [0.15, 0.2) is 16.5 Å². The average molecular weight is 382 g/mol. The van der Waals surface area contributed by atoms with E-state index in [1.54, 1.807) is 0 Å². The first-order chi connectivity index (χ1) is 11.6. The molecular formula is C14H10F4O6S. The van der Waals surface area contributed by atoms with E-state index in [0.29, 0.717) is 0 Å². The Kier molecular flexibility index (Phi) is 5.09. The Labute approximate surface area is 139 Å². The van der Waals surface area contributed by atoms with E-state index in [0.717, 1.165) is 12.1 Å². The van der Waals surface area contributed by atoms with Crippen molar-refractivity contribution in [2.24, 2.45) is 0 Å². The fourth-order valence-corrected chi connectivity index (χ4v) is 2.50. The highest BCUT2D eigenvalue weighted by molar-refractivity contribution is 7.85. The second-order valence-electron chi connectivity index (χ2n) is 4.54. The number of ether oxygens (including phenoxy) is 3. The van der Waals surface area contributed by atoms with E-state index in [4.69, 9.17) is 18.8 Å². The molecular weight excluding hydrogens is 372 g/mol. The second-order valence-corrected chi connectivity index (χ2v) is 5.90. The van der Waals surface area contributed by atoms with Crippen molar-refractivity contribution in [2.45, 2.75) is 4.90 Å². The zero-order chi connectivity index (χ0) is 18.9. The van der Waals surface area contributed by atoms with Gasteiger partial charge >= 0.3 is 10.1 Å². The lowest BCUT2D eigenvalue weighted by atomic mass is 10.2. The topological polar surface area (TPSA) is 82.1 Å². The summed E-state index contributed by atoms with van der Waals surface area (Å²) >= 11 is 0. The highest BCUT2D eigenvalue weighted by Gasteiger charge is 2.33. The maximum absolute atomic E-state index is 13.9. The van der Waals surface area contributed by atoms with Crippen molar-refractivity contribution < 1.29 is 44.7 Å². The molecule has 0 aliphatic heterocycles. The summed E-state index contributed by atoms with van der Waals surface area (Å²) in [5.74, 6) is -10.5. The predicted molar refractivity (Wildman–Crippen MR) is 75.7 cm³/mol. The zero-order valence-corrected chi connectivity index (χ0v) is 13.5. The Morgan fingerprint density at radius 3 is 1.56 bits per heavy atom. The third-order valence-electron chi connectivity index (χ3n) is 2.99. The van der Waals surface area contributed by atoms with Crippen LogP contribution in [0, 0.1) is 23.3 Å². The molecule has 6 nitrogen and oxygen atoms in total. The number of hydrogen-bond donors (Lipinski definition) is 1. The van der Waals surface area contributed by atoms with Gasteiger partial charge in [-0.1, -0.05) is 0 Å². The van der Waals surface area contributed by atoms with Gasteiger partial charge in [0.05, 0.1) is 14.2 Å². The molecule has 0 saturated carbocycles. The molecule has 2 aromatic carbocycles. The molecule has 0 fully saturated rings. The Morgan fingerprint density at radius 1 is 0.800 bits per heavy atom. The van der Waals surface area contributed by atoms with Crippen LogP contribution in [0.3, 0.4) is 0 Å². The van der Waals surface area contributed by atoms with Gasteiger partial charge in [0.2, 0.25) is 17.4 Å². The summed E-state index contributed by atoms with van der Waals surface area (Å²) < 4.78 is 100. The summed E-state index contributed by atoms with van der Waals surface area (Å²) in [6, 6.07) is 3.66. The van der Waals surface area contributed by atoms with Crippen LogP contribution < -0.4 is 14.2 Å². The molecule has 0 bridgehead atoms. The highest BCUT2D eigenvalue weighted by Crippen LogP contribution is 2.37. The lowest BCUT2D eigenvalue weighted by molar-refractivity contribution is 0.342. The molecule has 0 radical (unpaired) electrons. The van der Waals surface area contributed by atoms with E-state index in [1.165, 1.54) is 20.3 Å². The number of rotatable bonds is 5. The van der Waals surface area contributed by atoms with E-state index in [-0.39, 0.29) is 17.2 Å². The van der Waals surface area contributed by atoms with Crippen molar-refractivity contribution in [1.29, 1.82) is 0 Å². The van der Waals surface area contributed by atoms with Crippen molar-refractivity contribution in [2.75, 3.05) is 14.2 Å². The summed E-state index contributed by atoms with van der Waals surface area (Å²) in [7, 11) is -2.99. The molecule has 1 N–H and O–H groups in total. The fourth-order valence-electron chi connectivity index (χ4n) is 1.87. The van der Waals surface area contributed by atoms with Crippen molar-refractivity contribution >= 4 is 10.1 Å². The Morgan fingerprint density at radius 2 is 1.20 bits per heavy atom. The van der Waals surface area contributed by atoms with Crippen LogP contribution in [0.2, 0.25) is 0 Å². The summed E-state index contributed by atoms with van der Waals surface area (Å²) in [6.07, 6.45) is 0. The van der Waals surface area contributed by atoms with Crippen molar-refractivity contribution in [3.8, 4) is 23.0 Å². The first-order valence-electron chi connectivity index (χ1n) is 6.34. The van der Waals surface area contributed by atoms with Crippen LogP contribution in [0.15, 0.2) is 23.1 Å². The number of halogens is 4. The molecule has 0 unspecified atom stereocenters. The van der Waals surface area contributed by atoms with E-state index in [2.05, 4.69) is 0 Å². The lowest BCUT2D eigenvalue weighted by Gasteiger charge is -2.13. The largest absolute Gasteiger partial charge is 0.496 e. The van der Waals surface area contributed by atoms with Gasteiger partial charge in [-0.05, 0) is 0 Å². The van der Waals surface area contributed by atoms with Gasteiger partial charge in [-0.15, -0.1) is 0 Å². The molecule has 0 amide bonds. The third-order valence-corrected chi connectivity index (χ3v) is 3.86. The minimum Gasteiger partial charge on any atom is -0.496 e. The van der Waals surface area contributed by atoms with Gasteiger partial charge < -0.3 is 14.2 Å². The summed E-state index contributed by atoms with van der Waals surface area (Å²) in [6.45, 7) is 0. The highest BCUT2D eigenvalue weighted by atomic mass is 32.2. The molecule has 2 aromatic rings. The first-order valence-corrected chi connectivity index (χ1v) is 7.78. The van der Waals surface area contributed by atoms with Crippen LogP contribution in [-0.4, -0.2) is 27.2 Å². The van der Waals surface area contributed by atoms with Crippen LogP contribution in [0.1, 0.15) is 0 Å². The maximum atomic E-state index is 13.9. The maximum Gasteiger partial charge on any atom is 0.300 e. The van der Waals surface area contributed by atoms with E-state index >= 15 is 0 Å². The SMILES string of the molecule is COc1cc(OC)cc(Oc2c(F)c(F)c(S(=O)(=O)O)c(F)c2F)c1. The van der Waals surface area contributed by atoms with E-state index < -0.39 is 44.0 Å². The van der Waals surface area contributed by atoms with Crippen molar-refractivity contribution in [1.82, 2.24) is 0 Å². The Balaban J connectivity index is 2.63. The average Bonchev–Trinajstić information content (AvgIpc) is 2.55. The third kappa shape index (κ3) is 3.61. The van der Waals surface area contributed by atoms with Crippen LogP contribution >= 0.6 is 0 Å². The van der Waals surface area contributed by atoms with Crippen molar-refractivity contribution in [3.63, 3.8) is 0 Å². The number of hydrogen-bond acceptors (Lipinski definition) is 5. The molecule has 2 rings (SSSR count). The Hall–Kier alpha value is -2.53. The number of methoxy groups -OCH3 is 2. The van der Waals surface area contributed by atoms with Crippen molar-refractivity contribution in [3.05, 3.63) is 41.5 Å². The smallest absolute Gasteiger partial charge is 0.300 e. The van der Waals surface area contributed by atoms with Gasteiger partial charge in [0.1, 0.15) is 17.2 Å². The van der Waals surface area contributed by atoms with Crippen LogP contribution in [-0.2, 0) is 10.1 Å². The second kappa shape index (κ2) is 6.76. The van der Waals surface area contributed by atoms with Crippen LogP contribution in [0.4, 0.5) is 17.6 Å². The molecule has 11 heteroatoms. The van der Waals surface area contributed by atoms with E-state index in [1.807, 2.05) is 0 Å². The zero-order valence-electron chi connectivity index (χ0n) is 12.6. The molecule has 0 aliphatic carbocycles. The molecule has 0 saturated heterocycles. The molecule has 136 valence electrons. The molecule has 25 heavy (non-hydrogen) atoms. The summed E-state index contributed by atoms with van der Waals surface area (Å²) in [5, 5.41) is 0. The van der Waals surface area contributed by atoms with Gasteiger partial charge in [-0.25, -0.2) is 8.78 Å². The van der Waals surface area contributed by atoms with E-state index in [9.17, 15) is 26.0 Å². The normalized spacial score (nSPS) is 11.3. The quantitative estimate of drug-likeness (QED) is 0.486. The first kappa shape index (κ1) is 18.8. The van der Waals surface area contributed by atoms with Gasteiger partial charge in [-0.3, -0.25) is 4.55 Å². The summed E-state index contributed by atoms with van der Waals surface area (Å²) in [4.78, 5) is -2.15. The molecule has 0 aromatic heterocycles. The van der Waals surface area contributed by atoms with Crippen LogP contribution in [0.5, 0.6) is 23.0 Å². The minimum atomic E-state index is -5.55. The molecule has 0 spiro atoms. The van der Waals surface area contributed by atoms with Gasteiger partial charge in [0, 0.05) is 18.2 Å². The van der Waals surface area contributed by atoms with Gasteiger partial charge in [0.25, 0.3) is 0 Å². The standard InChI is InChI=1S/C14H10F4O6S/c1-22-6-3-7(23-2)5-8(4-6)24-13-9(15)11(17)14(25(19,20)21)12(18)10(13)16/h3-5H,1-2H3,(H,19,20,21). The molecule has 0 heterocycles. The summed E-state index contributed by atoms with van der Waals surface area (Å²) in [5.41, 5.74) is 0. The predicted octanol–water partition coefficient (Wildman–Crippen LogP) is 3.30. The van der Waals surface area contributed by atoms with Gasteiger partial charge in [-0.2, -0.15) is 17.2 Å².